The van der Waals surface area contributed by atoms with Crippen LogP contribution in [0, 0.1) is 5.82 Å². The largest absolute Gasteiger partial charge is 0.460 e. The number of fused-ring (bicyclic) bond motifs is 1. The topological polar surface area (TPSA) is 96.8 Å². The smallest absolute Gasteiger partial charge is 0.252 e. The first-order valence-corrected chi connectivity index (χ1v) is 15.6. The standard InChI is InChI=1S/C30H31BrFN3O4S/c1-34(2)17-21-12-19(6-11-25(21)31)16-35(40(3,37)38)26-15-27-24(14-23(26)20-7-8-20)29(30(33)36)28(39-27)13-18-4-9-22(32)10-5-18/h4-6,9-12,14-15,20H,7-8,13,16-17H2,1-3H3,(H2,33,36). The molecule has 1 heterocycles. The van der Waals surface area contributed by atoms with Crippen molar-refractivity contribution in [2.45, 2.75) is 38.3 Å². The van der Waals surface area contributed by atoms with E-state index in [1.165, 1.54) is 22.7 Å². The number of furan rings is 1. The van der Waals surface area contributed by atoms with Gasteiger partial charge in [0.15, 0.2) is 0 Å². The molecular weight excluding hydrogens is 597 g/mol. The molecule has 1 aliphatic rings. The van der Waals surface area contributed by atoms with Crippen LogP contribution >= 0.6 is 15.9 Å². The van der Waals surface area contributed by atoms with Crippen LogP contribution in [0.4, 0.5) is 10.1 Å². The minimum absolute atomic E-state index is 0.142. The fourth-order valence-corrected chi connectivity index (χ4v) is 6.33. The van der Waals surface area contributed by atoms with E-state index in [1.54, 1.807) is 18.2 Å². The molecule has 7 nitrogen and oxygen atoms in total. The van der Waals surface area contributed by atoms with E-state index in [0.29, 0.717) is 29.0 Å². The number of nitrogens with zero attached hydrogens (tertiary/aromatic N) is 2. The average Bonchev–Trinajstić information content (AvgIpc) is 3.65. The number of hydrogen-bond acceptors (Lipinski definition) is 5. The number of anilines is 1. The minimum Gasteiger partial charge on any atom is -0.460 e. The summed E-state index contributed by atoms with van der Waals surface area (Å²) in [5, 5.41) is 0.556. The third-order valence-electron chi connectivity index (χ3n) is 7.04. The second kappa shape index (κ2) is 11.0. The molecule has 5 rings (SSSR count). The number of benzene rings is 3. The van der Waals surface area contributed by atoms with Crippen molar-refractivity contribution in [3.05, 3.63) is 98.5 Å². The number of halogens is 2. The predicted octanol–water partition coefficient (Wildman–Crippen LogP) is 5.93. The van der Waals surface area contributed by atoms with Gasteiger partial charge in [-0.05, 0) is 79.4 Å². The Balaban J connectivity index is 1.62. The Kier molecular flexibility index (Phi) is 7.78. The van der Waals surface area contributed by atoms with E-state index in [9.17, 15) is 17.6 Å². The van der Waals surface area contributed by atoms with Gasteiger partial charge in [0, 0.05) is 28.9 Å². The fourth-order valence-electron chi connectivity index (χ4n) is 5.05. The molecule has 4 aromatic rings. The number of amides is 1. The van der Waals surface area contributed by atoms with Crippen molar-refractivity contribution in [1.29, 1.82) is 0 Å². The Morgan fingerprint density at radius 2 is 1.73 bits per heavy atom. The molecule has 0 spiro atoms. The maximum atomic E-state index is 13.4. The molecule has 2 N–H and O–H groups in total. The summed E-state index contributed by atoms with van der Waals surface area (Å²) in [7, 11) is 0.270. The Hall–Kier alpha value is -3.21. The molecule has 1 aliphatic carbocycles. The third-order valence-corrected chi connectivity index (χ3v) is 8.94. The first-order valence-electron chi connectivity index (χ1n) is 12.9. The molecule has 1 aromatic heterocycles. The van der Waals surface area contributed by atoms with E-state index in [0.717, 1.165) is 39.6 Å². The predicted molar refractivity (Wildman–Crippen MR) is 158 cm³/mol. The Labute approximate surface area is 241 Å². The Bertz CT molecular complexity index is 1700. The molecule has 1 amide bonds. The van der Waals surface area contributed by atoms with E-state index in [2.05, 4.69) is 15.9 Å². The summed E-state index contributed by atoms with van der Waals surface area (Å²) in [5.41, 5.74) is 10.5. The maximum absolute atomic E-state index is 13.4. The average molecular weight is 629 g/mol. The maximum Gasteiger partial charge on any atom is 0.252 e. The lowest BCUT2D eigenvalue weighted by atomic mass is 10.0. The van der Waals surface area contributed by atoms with Crippen LogP contribution in [0.3, 0.4) is 0 Å². The van der Waals surface area contributed by atoms with Crippen molar-refractivity contribution >= 4 is 48.5 Å². The second-order valence-corrected chi connectivity index (χ2v) is 13.4. The highest BCUT2D eigenvalue weighted by atomic mass is 79.9. The van der Waals surface area contributed by atoms with Crippen LogP contribution in [0.15, 0.2) is 63.5 Å². The van der Waals surface area contributed by atoms with Gasteiger partial charge in [0.25, 0.3) is 5.91 Å². The molecule has 1 fully saturated rings. The molecule has 10 heteroatoms. The summed E-state index contributed by atoms with van der Waals surface area (Å²) in [4.78, 5) is 14.6. The fraction of sp³-hybridized carbons (Fsp3) is 0.300. The normalized spacial score (nSPS) is 13.8. The Morgan fingerprint density at radius 1 is 1.05 bits per heavy atom. The minimum atomic E-state index is -3.69. The zero-order chi connectivity index (χ0) is 28.8. The second-order valence-electron chi connectivity index (χ2n) is 10.7. The monoisotopic (exact) mass is 627 g/mol. The molecule has 1 saturated carbocycles. The lowest BCUT2D eigenvalue weighted by Gasteiger charge is -2.26. The van der Waals surface area contributed by atoms with E-state index >= 15 is 0 Å². The highest BCUT2D eigenvalue weighted by Gasteiger charge is 2.33. The number of hydrogen-bond donors (Lipinski definition) is 1. The van der Waals surface area contributed by atoms with Gasteiger partial charge in [-0.3, -0.25) is 9.10 Å². The molecule has 3 aromatic carbocycles. The summed E-state index contributed by atoms with van der Waals surface area (Å²) >= 11 is 3.60. The summed E-state index contributed by atoms with van der Waals surface area (Å²) in [6.45, 7) is 0.843. The molecule has 210 valence electrons. The molecule has 0 radical (unpaired) electrons. The Morgan fingerprint density at radius 3 is 2.33 bits per heavy atom. The first kappa shape index (κ1) is 28.3. The quantitative estimate of drug-likeness (QED) is 0.235. The molecule has 0 atom stereocenters. The van der Waals surface area contributed by atoms with Gasteiger partial charge >= 0.3 is 0 Å². The van der Waals surface area contributed by atoms with E-state index in [1.807, 2.05) is 43.3 Å². The number of rotatable bonds is 10. The molecule has 0 bridgehead atoms. The van der Waals surface area contributed by atoms with E-state index in [-0.39, 0.29) is 30.3 Å². The zero-order valence-corrected chi connectivity index (χ0v) is 25.0. The molecule has 0 unspecified atom stereocenters. The highest BCUT2D eigenvalue weighted by Crippen LogP contribution is 2.47. The molecule has 0 saturated heterocycles. The summed E-state index contributed by atoms with van der Waals surface area (Å²) in [6.07, 6.45) is 3.29. The molecular formula is C30H31BrFN3O4S. The van der Waals surface area contributed by atoms with Gasteiger partial charge in [-0.15, -0.1) is 0 Å². The van der Waals surface area contributed by atoms with Gasteiger partial charge in [0.2, 0.25) is 10.0 Å². The van der Waals surface area contributed by atoms with Crippen molar-refractivity contribution in [3.8, 4) is 0 Å². The lowest BCUT2D eigenvalue weighted by Crippen LogP contribution is -2.30. The van der Waals surface area contributed by atoms with Gasteiger partial charge in [-0.2, -0.15) is 0 Å². The number of sulfonamides is 1. The first-order chi connectivity index (χ1) is 18.9. The van der Waals surface area contributed by atoms with Gasteiger partial charge in [0.1, 0.15) is 17.2 Å². The zero-order valence-electron chi connectivity index (χ0n) is 22.6. The van der Waals surface area contributed by atoms with Gasteiger partial charge < -0.3 is 15.1 Å². The summed E-state index contributed by atoms with van der Waals surface area (Å²) in [5.74, 6) is -0.453. The van der Waals surface area contributed by atoms with Crippen LogP contribution < -0.4 is 10.0 Å². The van der Waals surface area contributed by atoms with Gasteiger partial charge in [-0.25, -0.2) is 12.8 Å². The lowest BCUT2D eigenvalue weighted by molar-refractivity contribution is 0.1000. The number of primary amides is 1. The van der Waals surface area contributed by atoms with Crippen LogP contribution in [-0.4, -0.2) is 39.6 Å². The number of carbonyl (C=O) groups is 1. The van der Waals surface area contributed by atoms with Gasteiger partial charge in [0.05, 0.1) is 24.1 Å². The van der Waals surface area contributed by atoms with Crippen molar-refractivity contribution in [1.82, 2.24) is 4.90 Å². The van der Waals surface area contributed by atoms with Crippen LogP contribution in [-0.2, 0) is 29.5 Å². The number of nitrogens with two attached hydrogens (primary N) is 1. The van der Waals surface area contributed by atoms with Crippen LogP contribution in [0.1, 0.15) is 57.1 Å². The van der Waals surface area contributed by atoms with Crippen LogP contribution in [0.25, 0.3) is 11.0 Å². The summed E-state index contributed by atoms with van der Waals surface area (Å²) in [6, 6.07) is 15.4. The number of carbonyl (C=O) groups excluding carboxylic acids is 1. The van der Waals surface area contributed by atoms with E-state index < -0.39 is 15.9 Å². The molecule has 0 aliphatic heterocycles. The van der Waals surface area contributed by atoms with Crippen molar-refractivity contribution < 1.29 is 22.0 Å². The SMILES string of the molecule is CN(C)Cc1cc(CN(c2cc3oc(Cc4ccc(F)cc4)c(C(N)=O)c3cc2C2CC2)S(C)(=O)=O)ccc1Br. The van der Waals surface area contributed by atoms with E-state index in [4.69, 9.17) is 10.2 Å². The highest BCUT2D eigenvalue weighted by molar-refractivity contribution is 9.10. The van der Waals surface area contributed by atoms with Crippen LogP contribution in [0.5, 0.6) is 0 Å². The van der Waals surface area contributed by atoms with Crippen molar-refractivity contribution in [3.63, 3.8) is 0 Å². The van der Waals surface area contributed by atoms with Gasteiger partial charge in [-0.1, -0.05) is 40.2 Å². The molecule has 40 heavy (non-hydrogen) atoms. The van der Waals surface area contributed by atoms with Crippen molar-refractivity contribution in [2.24, 2.45) is 5.73 Å². The van der Waals surface area contributed by atoms with Crippen LogP contribution in [0.2, 0.25) is 0 Å². The van der Waals surface area contributed by atoms with Crippen molar-refractivity contribution in [2.75, 3.05) is 24.7 Å². The third kappa shape index (κ3) is 6.09. The summed E-state index contributed by atoms with van der Waals surface area (Å²) < 4.78 is 48.4.